The molecule has 0 amide bonds. The Bertz CT molecular complexity index is 602. The van der Waals surface area contributed by atoms with Gasteiger partial charge in [-0.15, -0.1) is 11.6 Å². The van der Waals surface area contributed by atoms with Crippen molar-refractivity contribution in [3.63, 3.8) is 0 Å². The number of benzene rings is 1. The van der Waals surface area contributed by atoms with E-state index in [-0.39, 0.29) is 5.41 Å². The third-order valence-corrected chi connectivity index (χ3v) is 3.53. The van der Waals surface area contributed by atoms with Gasteiger partial charge in [-0.3, -0.25) is 0 Å². The minimum absolute atomic E-state index is 0.135. The second-order valence-corrected chi connectivity index (χ2v) is 6.20. The molecule has 0 atom stereocenters. The quantitative estimate of drug-likeness (QED) is 0.723. The minimum atomic E-state index is 0.135. The third kappa shape index (κ3) is 3.31. The van der Waals surface area contributed by atoms with Crippen LogP contribution in [0.4, 0.5) is 0 Å². The monoisotopic (exact) mass is 289 g/mol. The fourth-order valence-corrected chi connectivity index (χ4v) is 2.16. The van der Waals surface area contributed by atoms with Crippen molar-refractivity contribution in [3.05, 3.63) is 53.2 Å². The number of alkyl halides is 1. The third-order valence-electron chi connectivity index (χ3n) is 3.24. The Balaban J connectivity index is 2.31. The van der Waals surface area contributed by atoms with E-state index in [0.717, 1.165) is 16.9 Å². The number of aryl methyl sites for hydroxylation is 1. The van der Waals surface area contributed by atoms with E-state index in [1.807, 2.05) is 25.1 Å². The normalized spacial score (nSPS) is 11.4. The van der Waals surface area contributed by atoms with Gasteiger partial charge in [0.05, 0.1) is 5.88 Å². The van der Waals surface area contributed by atoms with Gasteiger partial charge < -0.3 is 4.74 Å². The van der Waals surface area contributed by atoms with Crippen LogP contribution in [0.3, 0.4) is 0 Å². The molecule has 0 saturated carbocycles. The summed E-state index contributed by atoms with van der Waals surface area (Å²) in [4.78, 5) is 4.25. The highest BCUT2D eigenvalue weighted by molar-refractivity contribution is 6.17. The zero-order valence-electron chi connectivity index (χ0n) is 12.4. The Kier molecular flexibility index (Phi) is 4.34. The number of ether oxygens (including phenoxy) is 1. The van der Waals surface area contributed by atoms with Crippen LogP contribution in [0.2, 0.25) is 0 Å². The van der Waals surface area contributed by atoms with E-state index in [9.17, 15) is 0 Å². The predicted molar refractivity (Wildman–Crippen MR) is 83.7 cm³/mol. The first-order valence-corrected chi connectivity index (χ1v) is 7.24. The second kappa shape index (κ2) is 5.84. The minimum Gasteiger partial charge on any atom is -0.438 e. The molecule has 0 unspecified atom stereocenters. The van der Waals surface area contributed by atoms with Crippen molar-refractivity contribution in [2.24, 2.45) is 0 Å². The summed E-state index contributed by atoms with van der Waals surface area (Å²) < 4.78 is 5.90. The number of pyridine rings is 1. The molecule has 0 aliphatic rings. The number of halogens is 1. The molecule has 20 heavy (non-hydrogen) atoms. The fraction of sp³-hybridized carbons (Fsp3) is 0.353. The highest BCUT2D eigenvalue weighted by Gasteiger charge is 2.15. The lowest BCUT2D eigenvalue weighted by Crippen LogP contribution is -2.11. The number of nitrogens with zero attached hydrogens (tertiary/aromatic N) is 1. The molecule has 3 heteroatoms. The van der Waals surface area contributed by atoms with Crippen LogP contribution in [-0.4, -0.2) is 4.98 Å². The molecule has 106 valence electrons. The highest BCUT2D eigenvalue weighted by atomic mass is 35.5. The highest BCUT2D eigenvalue weighted by Crippen LogP contribution is 2.31. The van der Waals surface area contributed by atoms with Gasteiger partial charge in [0.1, 0.15) is 5.75 Å². The summed E-state index contributed by atoms with van der Waals surface area (Å²) in [7, 11) is 0. The molecule has 0 bridgehead atoms. The molecule has 1 aromatic heterocycles. The predicted octanol–water partition coefficient (Wildman–Crippen LogP) is 5.22. The molecular formula is C17H20ClNO. The van der Waals surface area contributed by atoms with Crippen molar-refractivity contribution >= 4 is 11.6 Å². The summed E-state index contributed by atoms with van der Waals surface area (Å²) in [5, 5.41) is 0. The lowest BCUT2D eigenvalue weighted by atomic mass is 9.86. The largest absolute Gasteiger partial charge is 0.438 e. The molecule has 1 aromatic carbocycles. The average molecular weight is 290 g/mol. The molecule has 0 spiro atoms. The number of hydrogen-bond acceptors (Lipinski definition) is 2. The van der Waals surface area contributed by atoms with Gasteiger partial charge in [0, 0.05) is 11.8 Å². The number of hydrogen-bond donors (Lipinski definition) is 0. The average Bonchev–Trinajstić information content (AvgIpc) is 2.40. The smallest absolute Gasteiger partial charge is 0.223 e. The molecule has 0 aliphatic carbocycles. The van der Waals surface area contributed by atoms with Crippen LogP contribution in [-0.2, 0) is 11.3 Å². The van der Waals surface area contributed by atoms with Crippen molar-refractivity contribution in [2.75, 3.05) is 0 Å². The zero-order valence-corrected chi connectivity index (χ0v) is 13.2. The van der Waals surface area contributed by atoms with E-state index in [1.165, 1.54) is 5.56 Å². The first-order valence-electron chi connectivity index (χ1n) is 6.70. The van der Waals surface area contributed by atoms with Crippen LogP contribution in [0.5, 0.6) is 11.6 Å². The maximum atomic E-state index is 5.90. The Morgan fingerprint density at radius 2 is 1.95 bits per heavy atom. The van der Waals surface area contributed by atoms with Gasteiger partial charge in [0.25, 0.3) is 0 Å². The summed E-state index contributed by atoms with van der Waals surface area (Å²) in [6.45, 7) is 8.65. The van der Waals surface area contributed by atoms with Gasteiger partial charge in [-0.1, -0.05) is 39.0 Å². The molecule has 0 fully saturated rings. The van der Waals surface area contributed by atoms with E-state index >= 15 is 0 Å². The van der Waals surface area contributed by atoms with Gasteiger partial charge in [-0.05, 0) is 35.6 Å². The summed E-state index contributed by atoms with van der Waals surface area (Å²) in [5.74, 6) is 1.79. The van der Waals surface area contributed by atoms with E-state index in [2.05, 4.69) is 37.9 Å². The number of rotatable bonds is 3. The molecule has 1 heterocycles. The van der Waals surface area contributed by atoms with Crippen molar-refractivity contribution in [2.45, 2.75) is 39.0 Å². The standard InChI is InChI=1S/C17H20ClNO/c1-12-10-14(17(2,3)4)7-8-15(12)20-16-13(11-18)6-5-9-19-16/h5-10H,11H2,1-4H3. The van der Waals surface area contributed by atoms with Crippen molar-refractivity contribution in [3.8, 4) is 11.6 Å². The molecule has 0 aliphatic heterocycles. The lowest BCUT2D eigenvalue weighted by molar-refractivity contribution is 0.454. The first-order chi connectivity index (χ1) is 9.41. The fourth-order valence-electron chi connectivity index (χ4n) is 1.95. The van der Waals surface area contributed by atoms with E-state index in [0.29, 0.717) is 11.8 Å². The van der Waals surface area contributed by atoms with Crippen molar-refractivity contribution in [1.82, 2.24) is 4.98 Å². The van der Waals surface area contributed by atoms with Gasteiger partial charge in [0.15, 0.2) is 0 Å². The molecule has 2 rings (SSSR count). The topological polar surface area (TPSA) is 22.1 Å². The Morgan fingerprint density at radius 3 is 2.55 bits per heavy atom. The molecule has 0 saturated heterocycles. The Hall–Kier alpha value is -1.54. The van der Waals surface area contributed by atoms with Crippen molar-refractivity contribution < 1.29 is 4.74 Å². The Labute approximate surface area is 125 Å². The van der Waals surface area contributed by atoms with Gasteiger partial charge in [-0.25, -0.2) is 4.98 Å². The van der Waals surface area contributed by atoms with E-state index in [4.69, 9.17) is 16.3 Å². The summed E-state index contributed by atoms with van der Waals surface area (Å²) in [6, 6.07) is 10.1. The van der Waals surface area contributed by atoms with Crippen LogP contribution >= 0.6 is 11.6 Å². The van der Waals surface area contributed by atoms with Crippen LogP contribution in [0.15, 0.2) is 36.5 Å². The van der Waals surface area contributed by atoms with E-state index in [1.54, 1.807) is 6.20 Å². The summed E-state index contributed by atoms with van der Waals surface area (Å²) in [5.41, 5.74) is 3.42. The zero-order chi connectivity index (χ0) is 14.8. The maximum absolute atomic E-state index is 5.90. The van der Waals surface area contributed by atoms with Crippen molar-refractivity contribution in [1.29, 1.82) is 0 Å². The Morgan fingerprint density at radius 1 is 1.20 bits per heavy atom. The second-order valence-electron chi connectivity index (χ2n) is 5.93. The molecule has 0 radical (unpaired) electrons. The number of aromatic nitrogens is 1. The van der Waals surface area contributed by atoms with Gasteiger partial charge in [0.2, 0.25) is 5.88 Å². The summed E-state index contributed by atoms with van der Waals surface area (Å²) in [6.07, 6.45) is 1.71. The van der Waals surface area contributed by atoms with Crippen LogP contribution in [0.1, 0.15) is 37.5 Å². The SMILES string of the molecule is Cc1cc(C(C)(C)C)ccc1Oc1ncccc1CCl. The van der Waals surface area contributed by atoms with Gasteiger partial charge >= 0.3 is 0 Å². The van der Waals surface area contributed by atoms with Crippen LogP contribution < -0.4 is 4.74 Å². The summed E-state index contributed by atoms with van der Waals surface area (Å²) >= 11 is 5.90. The first kappa shape index (κ1) is 14.9. The molecule has 2 aromatic rings. The molecular weight excluding hydrogens is 270 g/mol. The molecule has 0 N–H and O–H groups in total. The van der Waals surface area contributed by atoms with Gasteiger partial charge in [-0.2, -0.15) is 0 Å². The maximum Gasteiger partial charge on any atom is 0.223 e. The van der Waals surface area contributed by atoms with Crippen LogP contribution in [0.25, 0.3) is 0 Å². The lowest BCUT2D eigenvalue weighted by Gasteiger charge is -2.20. The van der Waals surface area contributed by atoms with E-state index < -0.39 is 0 Å². The molecule has 2 nitrogen and oxygen atoms in total. The van der Waals surface area contributed by atoms with Crippen LogP contribution in [0, 0.1) is 6.92 Å².